The standard InChI is InChI=1S/C37H34N8O2/c1-3-4-9-26-23-33(45(44-26)27-15-13-24(2)14-16-27)42-37(46)41-30-17-18-32(29-11-6-5-10-28(29)30)47-34-20-22-39-36(43-34)40-31-12-7-8-25-19-21-38-35(25)31/h5-8,10-23,38H,3-4,9H2,1-2H3,(H,39,40,43)(H2,41,42,46). The fourth-order valence-electron chi connectivity index (χ4n) is 5.50. The summed E-state index contributed by atoms with van der Waals surface area (Å²) in [7, 11) is 0. The predicted molar refractivity (Wildman–Crippen MR) is 187 cm³/mol. The number of urea groups is 1. The van der Waals surface area contributed by atoms with Crippen LogP contribution in [0.3, 0.4) is 0 Å². The molecule has 10 heteroatoms. The van der Waals surface area contributed by atoms with Gasteiger partial charge in [0.2, 0.25) is 11.8 Å². The van der Waals surface area contributed by atoms with Crippen molar-refractivity contribution in [2.45, 2.75) is 33.1 Å². The van der Waals surface area contributed by atoms with Gasteiger partial charge in [-0.15, -0.1) is 0 Å². The molecule has 0 aliphatic rings. The van der Waals surface area contributed by atoms with E-state index in [-0.39, 0.29) is 6.03 Å². The van der Waals surface area contributed by atoms with Crippen molar-refractivity contribution in [3.63, 3.8) is 0 Å². The number of anilines is 4. The number of para-hydroxylation sites is 1. The second-order valence-corrected chi connectivity index (χ2v) is 11.3. The highest BCUT2D eigenvalue weighted by molar-refractivity contribution is 6.07. The number of benzene rings is 4. The fraction of sp³-hybridized carbons (Fsp3) is 0.135. The number of ether oxygens (including phenoxy) is 1. The maximum Gasteiger partial charge on any atom is 0.324 e. The molecule has 0 saturated carbocycles. The first kappa shape index (κ1) is 29.5. The van der Waals surface area contributed by atoms with Crippen molar-refractivity contribution in [2.75, 3.05) is 16.0 Å². The number of aryl methyl sites for hydroxylation is 2. The molecule has 4 aromatic carbocycles. The lowest BCUT2D eigenvalue weighted by Crippen LogP contribution is -2.21. The summed E-state index contributed by atoms with van der Waals surface area (Å²) in [5.41, 5.74) is 5.44. The first-order chi connectivity index (χ1) is 23.0. The molecular weight excluding hydrogens is 588 g/mol. The third kappa shape index (κ3) is 6.48. The van der Waals surface area contributed by atoms with Crippen LogP contribution < -0.4 is 20.7 Å². The van der Waals surface area contributed by atoms with Crippen LogP contribution in [0.5, 0.6) is 11.6 Å². The number of aromatic amines is 1. The molecule has 3 heterocycles. The molecule has 4 N–H and O–H groups in total. The van der Waals surface area contributed by atoms with Gasteiger partial charge in [-0.1, -0.05) is 67.4 Å². The Balaban J connectivity index is 1.11. The summed E-state index contributed by atoms with van der Waals surface area (Å²) in [6, 6.07) is 30.7. The van der Waals surface area contributed by atoms with Crippen LogP contribution in [0.1, 0.15) is 31.0 Å². The number of H-pyrrole nitrogens is 1. The Labute approximate surface area is 271 Å². The molecule has 7 rings (SSSR count). The van der Waals surface area contributed by atoms with Crippen molar-refractivity contribution in [3.05, 3.63) is 121 Å². The number of carbonyl (C=O) groups excluding carboxylic acids is 1. The van der Waals surface area contributed by atoms with E-state index >= 15 is 0 Å². The predicted octanol–water partition coefficient (Wildman–Crippen LogP) is 9.13. The highest BCUT2D eigenvalue weighted by atomic mass is 16.5. The number of carbonyl (C=O) groups is 1. The molecule has 47 heavy (non-hydrogen) atoms. The van der Waals surface area contributed by atoms with Gasteiger partial charge in [0.15, 0.2) is 0 Å². The highest BCUT2D eigenvalue weighted by Crippen LogP contribution is 2.34. The van der Waals surface area contributed by atoms with Gasteiger partial charge in [-0.05, 0) is 56.2 Å². The SMILES string of the molecule is CCCCc1cc(NC(=O)Nc2ccc(Oc3ccnc(Nc4cccc5cc[nH]c45)n3)c3ccccc23)n(-c2ccc(C)cc2)n1. The van der Waals surface area contributed by atoms with Crippen LogP contribution in [0.2, 0.25) is 0 Å². The monoisotopic (exact) mass is 622 g/mol. The molecule has 0 unspecified atom stereocenters. The summed E-state index contributed by atoms with van der Waals surface area (Å²) in [6.07, 6.45) is 6.47. The van der Waals surface area contributed by atoms with E-state index in [1.54, 1.807) is 16.9 Å². The Morgan fingerprint density at radius 2 is 1.74 bits per heavy atom. The molecule has 234 valence electrons. The van der Waals surface area contributed by atoms with Gasteiger partial charge in [-0.3, -0.25) is 5.32 Å². The van der Waals surface area contributed by atoms with Gasteiger partial charge in [0.25, 0.3) is 0 Å². The van der Waals surface area contributed by atoms with Gasteiger partial charge in [0.1, 0.15) is 11.6 Å². The molecule has 0 bridgehead atoms. The molecule has 3 aromatic heterocycles. The summed E-state index contributed by atoms with van der Waals surface area (Å²) in [5.74, 6) is 1.99. The quantitative estimate of drug-likeness (QED) is 0.121. The minimum Gasteiger partial charge on any atom is -0.438 e. The molecule has 10 nitrogen and oxygen atoms in total. The van der Waals surface area contributed by atoms with Crippen molar-refractivity contribution in [2.24, 2.45) is 0 Å². The van der Waals surface area contributed by atoms with E-state index in [0.717, 1.165) is 63.6 Å². The number of unbranched alkanes of at least 4 members (excludes halogenated alkanes) is 1. The van der Waals surface area contributed by atoms with Gasteiger partial charge in [0.05, 0.1) is 28.3 Å². The van der Waals surface area contributed by atoms with Crippen molar-refractivity contribution in [1.29, 1.82) is 0 Å². The van der Waals surface area contributed by atoms with E-state index in [1.807, 2.05) is 104 Å². The van der Waals surface area contributed by atoms with Crippen LogP contribution in [-0.4, -0.2) is 30.8 Å². The minimum absolute atomic E-state index is 0.372. The summed E-state index contributed by atoms with van der Waals surface area (Å²) < 4.78 is 8.05. The van der Waals surface area contributed by atoms with Crippen LogP contribution in [0.4, 0.5) is 27.9 Å². The number of hydrogen-bond acceptors (Lipinski definition) is 6. The van der Waals surface area contributed by atoms with E-state index in [2.05, 4.69) is 37.8 Å². The Morgan fingerprint density at radius 3 is 2.60 bits per heavy atom. The van der Waals surface area contributed by atoms with Gasteiger partial charge < -0.3 is 20.4 Å². The first-order valence-electron chi connectivity index (χ1n) is 15.6. The molecular formula is C37H34N8O2. The second kappa shape index (κ2) is 13.1. The lowest BCUT2D eigenvalue weighted by molar-refractivity contribution is 0.262. The molecule has 0 aliphatic carbocycles. The number of rotatable bonds is 10. The molecule has 2 amide bonds. The fourth-order valence-corrected chi connectivity index (χ4v) is 5.50. The number of nitrogens with one attached hydrogen (secondary N) is 4. The Hall–Kier alpha value is -6.16. The lowest BCUT2D eigenvalue weighted by Gasteiger charge is -2.14. The van der Waals surface area contributed by atoms with E-state index in [4.69, 9.17) is 9.84 Å². The second-order valence-electron chi connectivity index (χ2n) is 11.3. The molecule has 0 atom stereocenters. The summed E-state index contributed by atoms with van der Waals surface area (Å²) in [4.78, 5) is 25.6. The smallest absolute Gasteiger partial charge is 0.324 e. The topological polar surface area (TPSA) is 122 Å². The van der Waals surface area contributed by atoms with Crippen LogP contribution in [0.25, 0.3) is 27.4 Å². The first-order valence-corrected chi connectivity index (χ1v) is 15.6. The summed E-state index contributed by atoms with van der Waals surface area (Å²) in [6.45, 7) is 4.19. The molecule has 0 saturated heterocycles. The van der Waals surface area contributed by atoms with Crippen LogP contribution in [0.15, 0.2) is 109 Å². The van der Waals surface area contributed by atoms with Crippen LogP contribution >= 0.6 is 0 Å². The van der Waals surface area contributed by atoms with Crippen molar-refractivity contribution < 1.29 is 9.53 Å². The largest absolute Gasteiger partial charge is 0.438 e. The van der Waals surface area contributed by atoms with Gasteiger partial charge in [-0.2, -0.15) is 10.1 Å². The highest BCUT2D eigenvalue weighted by Gasteiger charge is 2.15. The van der Waals surface area contributed by atoms with Crippen LogP contribution in [-0.2, 0) is 6.42 Å². The van der Waals surface area contributed by atoms with Gasteiger partial charge >= 0.3 is 6.03 Å². The molecule has 0 fully saturated rings. The van der Waals surface area contributed by atoms with E-state index in [1.165, 1.54) is 0 Å². The van der Waals surface area contributed by atoms with Gasteiger partial charge in [-0.25, -0.2) is 14.5 Å². The zero-order valence-corrected chi connectivity index (χ0v) is 26.1. The van der Waals surface area contributed by atoms with E-state index < -0.39 is 0 Å². The maximum atomic E-state index is 13.4. The summed E-state index contributed by atoms with van der Waals surface area (Å²) >= 11 is 0. The molecule has 0 spiro atoms. The van der Waals surface area contributed by atoms with Crippen molar-refractivity contribution in [1.82, 2.24) is 24.7 Å². The minimum atomic E-state index is -0.372. The number of nitrogens with zero attached hydrogens (tertiary/aromatic N) is 4. The average molecular weight is 623 g/mol. The normalized spacial score (nSPS) is 11.1. The maximum absolute atomic E-state index is 13.4. The molecule has 0 radical (unpaired) electrons. The van der Waals surface area contributed by atoms with Crippen molar-refractivity contribution >= 4 is 50.8 Å². The Kier molecular flexibility index (Phi) is 8.21. The third-order valence-corrected chi connectivity index (χ3v) is 7.88. The van der Waals surface area contributed by atoms with Gasteiger partial charge in [0, 0.05) is 40.7 Å². The van der Waals surface area contributed by atoms with Crippen molar-refractivity contribution in [3.8, 4) is 17.3 Å². The average Bonchev–Trinajstić information content (AvgIpc) is 3.73. The van der Waals surface area contributed by atoms with E-state index in [9.17, 15) is 4.79 Å². The Bertz CT molecular complexity index is 2190. The number of hydrogen-bond donors (Lipinski definition) is 4. The number of amides is 2. The zero-order chi connectivity index (χ0) is 32.2. The zero-order valence-electron chi connectivity index (χ0n) is 26.1. The number of fused-ring (bicyclic) bond motifs is 2. The molecule has 0 aliphatic heterocycles. The third-order valence-electron chi connectivity index (χ3n) is 7.88. The molecule has 7 aromatic rings. The van der Waals surface area contributed by atoms with E-state index in [0.29, 0.717) is 29.1 Å². The lowest BCUT2D eigenvalue weighted by atomic mass is 10.1. The van der Waals surface area contributed by atoms with Crippen LogP contribution in [0, 0.1) is 6.92 Å². The summed E-state index contributed by atoms with van der Waals surface area (Å²) in [5, 5.41) is 16.8. The Morgan fingerprint density at radius 1 is 0.894 bits per heavy atom. The number of aromatic nitrogens is 5.